The molecule has 1 saturated heterocycles. The summed E-state index contributed by atoms with van der Waals surface area (Å²) in [6.45, 7) is 5.10. The van der Waals surface area contributed by atoms with Gasteiger partial charge in [-0.25, -0.2) is 0 Å². The van der Waals surface area contributed by atoms with Gasteiger partial charge in [-0.2, -0.15) is 0 Å². The quantitative estimate of drug-likeness (QED) is 0.794. The lowest BCUT2D eigenvalue weighted by atomic mass is 9.95. The van der Waals surface area contributed by atoms with Crippen molar-refractivity contribution in [3.05, 3.63) is 0 Å². The number of rotatable bonds is 6. The Hall–Kier alpha value is -0.120. The summed E-state index contributed by atoms with van der Waals surface area (Å²) >= 11 is 0. The number of nitrogens with one attached hydrogen (secondary N) is 1. The highest BCUT2D eigenvalue weighted by Gasteiger charge is 2.25. The molecule has 1 heterocycles. The number of hydrogen-bond acceptors (Lipinski definition) is 3. The van der Waals surface area contributed by atoms with Crippen molar-refractivity contribution in [1.29, 1.82) is 0 Å². The predicted octanol–water partition coefficient (Wildman–Crippen LogP) is 2.04. The van der Waals surface area contributed by atoms with E-state index in [1.54, 1.807) is 0 Å². The fourth-order valence-corrected chi connectivity index (χ4v) is 3.93. The molecule has 2 fully saturated rings. The zero-order chi connectivity index (χ0) is 13.7. The molecule has 0 bridgehead atoms. The Labute approximate surface area is 119 Å². The Morgan fingerprint density at radius 3 is 2.37 bits per heavy atom. The summed E-state index contributed by atoms with van der Waals surface area (Å²) in [6, 6.07) is 0.707. The molecule has 1 unspecified atom stereocenters. The van der Waals surface area contributed by atoms with Gasteiger partial charge in [0.05, 0.1) is 0 Å². The SMILES string of the molecule is CNC(CN(C)CC1CCN(C)CC1)C1CCCC1. The molecule has 0 aromatic heterocycles. The molecule has 0 radical (unpaired) electrons. The van der Waals surface area contributed by atoms with Crippen LogP contribution in [0.3, 0.4) is 0 Å². The molecular weight excluding hydrogens is 234 g/mol. The Kier molecular flexibility index (Phi) is 6.11. The van der Waals surface area contributed by atoms with Gasteiger partial charge >= 0.3 is 0 Å². The minimum atomic E-state index is 0.707. The van der Waals surface area contributed by atoms with Gasteiger partial charge in [-0.3, -0.25) is 0 Å². The largest absolute Gasteiger partial charge is 0.315 e. The Balaban J connectivity index is 1.71. The maximum absolute atomic E-state index is 3.57. The molecule has 1 aliphatic heterocycles. The van der Waals surface area contributed by atoms with Crippen LogP contribution in [-0.4, -0.2) is 63.2 Å². The van der Waals surface area contributed by atoms with Crippen LogP contribution in [0.5, 0.6) is 0 Å². The van der Waals surface area contributed by atoms with Gasteiger partial charge in [-0.1, -0.05) is 12.8 Å². The van der Waals surface area contributed by atoms with Crippen LogP contribution in [-0.2, 0) is 0 Å². The van der Waals surface area contributed by atoms with Gasteiger partial charge in [0, 0.05) is 19.1 Å². The van der Waals surface area contributed by atoms with E-state index in [1.807, 2.05) is 0 Å². The minimum Gasteiger partial charge on any atom is -0.315 e. The summed E-state index contributed by atoms with van der Waals surface area (Å²) in [7, 11) is 6.71. The first kappa shape index (κ1) is 15.3. The van der Waals surface area contributed by atoms with E-state index in [9.17, 15) is 0 Å². The summed E-state index contributed by atoms with van der Waals surface area (Å²) in [4.78, 5) is 5.04. The van der Waals surface area contributed by atoms with Gasteiger partial charge in [0.2, 0.25) is 0 Å². The highest BCUT2D eigenvalue weighted by atomic mass is 15.1. The molecular formula is C16H33N3. The Morgan fingerprint density at radius 2 is 1.79 bits per heavy atom. The third-order valence-electron chi connectivity index (χ3n) is 5.26. The highest BCUT2D eigenvalue weighted by Crippen LogP contribution is 2.28. The number of likely N-dealkylation sites (tertiary alicyclic amines) is 1. The third kappa shape index (κ3) is 4.73. The fraction of sp³-hybridized carbons (Fsp3) is 1.00. The minimum absolute atomic E-state index is 0.707. The smallest absolute Gasteiger partial charge is 0.0220 e. The van der Waals surface area contributed by atoms with Crippen LogP contribution in [0.2, 0.25) is 0 Å². The van der Waals surface area contributed by atoms with E-state index in [0.717, 1.165) is 11.8 Å². The maximum Gasteiger partial charge on any atom is 0.0220 e. The first-order valence-corrected chi connectivity index (χ1v) is 8.23. The molecule has 0 spiro atoms. The van der Waals surface area contributed by atoms with Crippen molar-refractivity contribution in [2.45, 2.75) is 44.6 Å². The van der Waals surface area contributed by atoms with E-state index in [0.29, 0.717) is 6.04 Å². The monoisotopic (exact) mass is 267 g/mol. The molecule has 112 valence electrons. The summed E-state index contributed by atoms with van der Waals surface area (Å²) in [5, 5.41) is 3.57. The Bertz CT molecular complexity index is 242. The molecule has 3 heteroatoms. The molecule has 0 amide bonds. The van der Waals surface area contributed by atoms with Crippen LogP contribution in [0.25, 0.3) is 0 Å². The van der Waals surface area contributed by atoms with Crippen molar-refractivity contribution in [1.82, 2.24) is 15.1 Å². The molecule has 1 atom stereocenters. The topological polar surface area (TPSA) is 18.5 Å². The predicted molar refractivity (Wildman–Crippen MR) is 82.5 cm³/mol. The van der Waals surface area contributed by atoms with Gasteiger partial charge in [-0.05, 0) is 71.8 Å². The molecule has 1 N–H and O–H groups in total. The van der Waals surface area contributed by atoms with Crippen molar-refractivity contribution in [3.63, 3.8) is 0 Å². The normalized spacial score (nSPS) is 25.3. The lowest BCUT2D eigenvalue weighted by Crippen LogP contribution is -2.44. The molecule has 2 rings (SSSR count). The van der Waals surface area contributed by atoms with Crippen LogP contribution in [0.4, 0.5) is 0 Å². The maximum atomic E-state index is 3.57. The van der Waals surface area contributed by atoms with Crippen molar-refractivity contribution in [2.75, 3.05) is 47.3 Å². The molecule has 0 aromatic rings. The number of hydrogen-bond donors (Lipinski definition) is 1. The summed E-state index contributed by atoms with van der Waals surface area (Å²) < 4.78 is 0. The van der Waals surface area contributed by atoms with Crippen LogP contribution in [0.15, 0.2) is 0 Å². The molecule has 1 saturated carbocycles. The first-order chi connectivity index (χ1) is 9.19. The molecule has 19 heavy (non-hydrogen) atoms. The van der Waals surface area contributed by atoms with Gasteiger partial charge in [0.15, 0.2) is 0 Å². The van der Waals surface area contributed by atoms with E-state index < -0.39 is 0 Å². The second-order valence-electron chi connectivity index (χ2n) is 6.91. The lowest BCUT2D eigenvalue weighted by Gasteiger charge is -2.34. The lowest BCUT2D eigenvalue weighted by molar-refractivity contribution is 0.162. The zero-order valence-corrected chi connectivity index (χ0v) is 13.2. The summed E-state index contributed by atoms with van der Waals surface area (Å²) in [5.41, 5.74) is 0. The van der Waals surface area contributed by atoms with Crippen LogP contribution >= 0.6 is 0 Å². The highest BCUT2D eigenvalue weighted by molar-refractivity contribution is 4.82. The first-order valence-electron chi connectivity index (χ1n) is 8.23. The van der Waals surface area contributed by atoms with Crippen molar-refractivity contribution in [2.24, 2.45) is 11.8 Å². The number of nitrogens with zero attached hydrogens (tertiary/aromatic N) is 2. The van der Waals surface area contributed by atoms with E-state index in [2.05, 4.69) is 36.3 Å². The van der Waals surface area contributed by atoms with Gasteiger partial charge in [0.25, 0.3) is 0 Å². The molecule has 3 nitrogen and oxygen atoms in total. The van der Waals surface area contributed by atoms with E-state index in [4.69, 9.17) is 0 Å². The second-order valence-corrected chi connectivity index (χ2v) is 6.91. The average Bonchev–Trinajstić information content (AvgIpc) is 2.92. The van der Waals surface area contributed by atoms with Gasteiger partial charge < -0.3 is 15.1 Å². The standard InChI is InChI=1S/C16H33N3/c1-17-16(15-6-4-5-7-15)13-19(3)12-14-8-10-18(2)11-9-14/h14-17H,4-13H2,1-3H3. The van der Waals surface area contributed by atoms with Crippen LogP contribution in [0.1, 0.15) is 38.5 Å². The van der Waals surface area contributed by atoms with E-state index in [1.165, 1.54) is 64.7 Å². The van der Waals surface area contributed by atoms with Gasteiger partial charge in [0.1, 0.15) is 0 Å². The van der Waals surface area contributed by atoms with Crippen molar-refractivity contribution in [3.8, 4) is 0 Å². The third-order valence-corrected chi connectivity index (χ3v) is 5.26. The second kappa shape index (κ2) is 7.61. The summed E-state index contributed by atoms with van der Waals surface area (Å²) in [6.07, 6.45) is 8.53. The number of likely N-dealkylation sites (N-methyl/N-ethyl adjacent to an activating group) is 2. The van der Waals surface area contributed by atoms with Gasteiger partial charge in [-0.15, -0.1) is 0 Å². The summed E-state index contributed by atoms with van der Waals surface area (Å²) in [5.74, 6) is 1.84. The van der Waals surface area contributed by atoms with E-state index >= 15 is 0 Å². The molecule has 0 aromatic carbocycles. The van der Waals surface area contributed by atoms with Crippen molar-refractivity contribution >= 4 is 0 Å². The van der Waals surface area contributed by atoms with Crippen LogP contribution < -0.4 is 5.32 Å². The Morgan fingerprint density at radius 1 is 1.16 bits per heavy atom. The zero-order valence-electron chi connectivity index (χ0n) is 13.2. The van der Waals surface area contributed by atoms with E-state index in [-0.39, 0.29) is 0 Å². The average molecular weight is 267 g/mol. The van der Waals surface area contributed by atoms with Crippen LogP contribution in [0, 0.1) is 11.8 Å². The van der Waals surface area contributed by atoms with Crippen molar-refractivity contribution < 1.29 is 0 Å². The number of piperidine rings is 1. The fourth-order valence-electron chi connectivity index (χ4n) is 3.93. The molecule has 2 aliphatic rings. The molecule has 1 aliphatic carbocycles.